The van der Waals surface area contributed by atoms with Gasteiger partial charge in [0.15, 0.2) is 11.5 Å². The zero-order valence-corrected chi connectivity index (χ0v) is 21.5. The summed E-state index contributed by atoms with van der Waals surface area (Å²) < 4.78 is 44.2. The summed E-state index contributed by atoms with van der Waals surface area (Å²) in [5.74, 6) is 0.648. The van der Waals surface area contributed by atoms with Crippen LogP contribution in [0.1, 0.15) is 34.6 Å². The molecule has 0 aliphatic rings. The van der Waals surface area contributed by atoms with E-state index in [4.69, 9.17) is 14.2 Å². The third-order valence-corrected chi connectivity index (χ3v) is 6.87. The highest BCUT2D eigenvalue weighted by atomic mass is 32.2. The Morgan fingerprint density at radius 2 is 1.65 bits per heavy atom. The number of nitrogens with zero attached hydrogens (tertiary/aromatic N) is 2. The topological polar surface area (TPSA) is 107 Å². The van der Waals surface area contributed by atoms with E-state index in [-0.39, 0.29) is 16.1 Å². The lowest BCUT2D eigenvalue weighted by Gasteiger charge is -2.24. The van der Waals surface area contributed by atoms with Gasteiger partial charge in [-0.05, 0) is 50.2 Å². The molecule has 9 nitrogen and oxygen atoms in total. The van der Waals surface area contributed by atoms with Crippen molar-refractivity contribution in [1.82, 2.24) is 5.43 Å². The van der Waals surface area contributed by atoms with E-state index in [1.54, 1.807) is 31.2 Å². The van der Waals surface area contributed by atoms with Crippen LogP contribution in [0.5, 0.6) is 17.2 Å². The van der Waals surface area contributed by atoms with Gasteiger partial charge in [0.1, 0.15) is 12.3 Å². The predicted octanol–water partition coefficient (Wildman–Crippen LogP) is 3.84. The quantitative estimate of drug-likeness (QED) is 0.400. The molecule has 0 bridgehead atoms. The molecule has 2 rings (SSSR count). The second-order valence-corrected chi connectivity index (χ2v) is 10.3. The van der Waals surface area contributed by atoms with E-state index in [0.29, 0.717) is 29.5 Å². The standard InChI is InChI=1S/C24H33N3O6S/c1-8-33-19-11-9-18(10-12-19)27(16-23(28)26-25-17(2)24(3,4)5)34(29,30)20-13-14-21(31-6)22(15-20)32-7/h9-15H,8,16H2,1-7H3,(H,26,28)/b25-17-. The Labute approximate surface area is 201 Å². The number of rotatable bonds is 10. The number of hydrazone groups is 1. The monoisotopic (exact) mass is 491 g/mol. The molecule has 0 unspecified atom stereocenters. The molecule has 0 heterocycles. The third kappa shape index (κ3) is 6.63. The lowest BCUT2D eigenvalue weighted by atomic mass is 9.91. The summed E-state index contributed by atoms with van der Waals surface area (Å²) in [6, 6.07) is 10.7. The number of sulfonamides is 1. The van der Waals surface area contributed by atoms with Crippen LogP contribution < -0.4 is 23.9 Å². The molecule has 0 saturated carbocycles. The molecule has 34 heavy (non-hydrogen) atoms. The minimum atomic E-state index is -4.15. The van der Waals surface area contributed by atoms with Crippen LogP contribution in [0.4, 0.5) is 5.69 Å². The minimum absolute atomic E-state index is 0.0544. The fourth-order valence-electron chi connectivity index (χ4n) is 2.77. The van der Waals surface area contributed by atoms with Crippen molar-refractivity contribution in [2.24, 2.45) is 10.5 Å². The summed E-state index contributed by atoms with van der Waals surface area (Å²) in [5, 5.41) is 4.12. The van der Waals surface area contributed by atoms with E-state index >= 15 is 0 Å². The summed E-state index contributed by atoms with van der Waals surface area (Å²) in [5.41, 5.74) is 3.22. The predicted molar refractivity (Wildman–Crippen MR) is 132 cm³/mol. The largest absolute Gasteiger partial charge is 0.494 e. The van der Waals surface area contributed by atoms with Crippen LogP contribution in [-0.4, -0.2) is 47.4 Å². The van der Waals surface area contributed by atoms with Crippen LogP contribution in [-0.2, 0) is 14.8 Å². The highest BCUT2D eigenvalue weighted by molar-refractivity contribution is 7.92. The van der Waals surface area contributed by atoms with Gasteiger partial charge >= 0.3 is 0 Å². The van der Waals surface area contributed by atoms with Crippen molar-refractivity contribution < 1.29 is 27.4 Å². The van der Waals surface area contributed by atoms with Crippen LogP contribution in [0.25, 0.3) is 0 Å². The Morgan fingerprint density at radius 3 is 2.18 bits per heavy atom. The van der Waals surface area contributed by atoms with E-state index in [1.807, 2.05) is 27.7 Å². The summed E-state index contributed by atoms with van der Waals surface area (Å²) in [7, 11) is -1.27. The molecule has 2 aromatic carbocycles. The Bertz CT molecular complexity index is 1120. The first-order valence-corrected chi connectivity index (χ1v) is 12.2. The average Bonchev–Trinajstić information content (AvgIpc) is 2.80. The van der Waals surface area contributed by atoms with E-state index in [0.717, 1.165) is 4.31 Å². The van der Waals surface area contributed by atoms with Gasteiger partial charge in [0.2, 0.25) is 0 Å². The highest BCUT2D eigenvalue weighted by Gasteiger charge is 2.28. The van der Waals surface area contributed by atoms with E-state index < -0.39 is 22.5 Å². The van der Waals surface area contributed by atoms with Crippen molar-refractivity contribution in [3.8, 4) is 17.2 Å². The van der Waals surface area contributed by atoms with E-state index in [2.05, 4.69) is 10.5 Å². The summed E-state index contributed by atoms with van der Waals surface area (Å²) in [6.45, 7) is 9.53. The van der Waals surface area contributed by atoms with Crippen molar-refractivity contribution in [2.75, 3.05) is 31.7 Å². The van der Waals surface area contributed by atoms with Crippen molar-refractivity contribution in [3.05, 3.63) is 42.5 Å². The SMILES string of the molecule is CCOc1ccc(N(CC(=O)N/N=C(/C)C(C)(C)C)S(=O)(=O)c2ccc(OC)c(OC)c2)cc1. The normalized spacial score (nSPS) is 12.1. The molecule has 0 aliphatic carbocycles. The Balaban J connectivity index is 2.47. The highest BCUT2D eigenvalue weighted by Crippen LogP contribution is 2.32. The fourth-order valence-corrected chi connectivity index (χ4v) is 4.21. The minimum Gasteiger partial charge on any atom is -0.494 e. The first kappa shape index (κ1) is 27.0. The number of benzene rings is 2. The summed E-state index contributed by atoms with van der Waals surface area (Å²) >= 11 is 0. The van der Waals surface area contributed by atoms with Crippen molar-refractivity contribution in [3.63, 3.8) is 0 Å². The van der Waals surface area contributed by atoms with Crippen molar-refractivity contribution >= 4 is 27.3 Å². The Hall–Kier alpha value is -3.27. The van der Waals surface area contributed by atoms with Crippen LogP contribution >= 0.6 is 0 Å². The fraction of sp³-hybridized carbons (Fsp3) is 0.417. The molecule has 186 valence electrons. The number of hydrogen-bond donors (Lipinski definition) is 1. The van der Waals surface area contributed by atoms with Gasteiger partial charge in [-0.25, -0.2) is 13.8 Å². The smallest absolute Gasteiger partial charge is 0.264 e. The van der Waals surface area contributed by atoms with Gasteiger partial charge in [0.25, 0.3) is 15.9 Å². The Morgan fingerprint density at radius 1 is 1.03 bits per heavy atom. The number of ether oxygens (including phenoxy) is 3. The van der Waals surface area contributed by atoms with Gasteiger partial charge in [-0.3, -0.25) is 9.10 Å². The number of methoxy groups -OCH3 is 2. The molecule has 2 aromatic rings. The van der Waals surface area contributed by atoms with Gasteiger partial charge in [0.05, 0.1) is 31.4 Å². The first-order chi connectivity index (χ1) is 15.9. The Kier molecular flexibility index (Phi) is 8.92. The lowest BCUT2D eigenvalue weighted by Crippen LogP contribution is -2.40. The van der Waals surface area contributed by atoms with Crippen molar-refractivity contribution in [2.45, 2.75) is 39.5 Å². The van der Waals surface area contributed by atoms with E-state index in [9.17, 15) is 13.2 Å². The van der Waals surface area contributed by atoms with Gasteiger partial charge in [-0.15, -0.1) is 0 Å². The molecule has 10 heteroatoms. The molecular weight excluding hydrogens is 458 g/mol. The maximum Gasteiger partial charge on any atom is 0.264 e. The van der Waals surface area contributed by atoms with Crippen LogP contribution in [0, 0.1) is 5.41 Å². The number of carbonyl (C=O) groups excluding carboxylic acids is 1. The van der Waals surface area contributed by atoms with Gasteiger partial charge in [-0.2, -0.15) is 5.10 Å². The molecule has 0 fully saturated rings. The molecule has 0 aromatic heterocycles. The average molecular weight is 492 g/mol. The molecule has 0 spiro atoms. The zero-order valence-electron chi connectivity index (χ0n) is 20.7. The maximum absolute atomic E-state index is 13.6. The van der Waals surface area contributed by atoms with Crippen LogP contribution in [0.15, 0.2) is 52.5 Å². The maximum atomic E-state index is 13.6. The van der Waals surface area contributed by atoms with Gasteiger partial charge in [0, 0.05) is 17.2 Å². The molecule has 0 aliphatic heterocycles. The molecular formula is C24H33N3O6S. The number of hydrogen-bond acceptors (Lipinski definition) is 7. The van der Waals surface area contributed by atoms with Crippen LogP contribution in [0.2, 0.25) is 0 Å². The number of amides is 1. The first-order valence-electron chi connectivity index (χ1n) is 10.7. The molecule has 0 saturated heterocycles. The second-order valence-electron chi connectivity index (χ2n) is 8.44. The molecule has 1 amide bonds. The van der Waals surface area contributed by atoms with Gasteiger partial charge < -0.3 is 14.2 Å². The summed E-state index contributed by atoms with van der Waals surface area (Å²) in [4.78, 5) is 12.7. The number of carbonyl (C=O) groups is 1. The van der Waals surface area contributed by atoms with Crippen LogP contribution in [0.3, 0.4) is 0 Å². The lowest BCUT2D eigenvalue weighted by molar-refractivity contribution is -0.119. The van der Waals surface area contributed by atoms with E-state index in [1.165, 1.54) is 32.4 Å². The van der Waals surface area contributed by atoms with Crippen molar-refractivity contribution in [1.29, 1.82) is 0 Å². The summed E-state index contributed by atoms with van der Waals surface area (Å²) in [6.07, 6.45) is 0. The van der Waals surface area contributed by atoms with Gasteiger partial charge in [-0.1, -0.05) is 20.8 Å². The second kappa shape index (κ2) is 11.2. The third-order valence-electron chi connectivity index (χ3n) is 5.10. The number of nitrogens with one attached hydrogen (secondary N) is 1. The zero-order chi connectivity index (χ0) is 25.5. The molecule has 1 N–H and O–H groups in total. The molecule has 0 radical (unpaired) electrons. The number of anilines is 1. The molecule has 0 atom stereocenters.